The van der Waals surface area contributed by atoms with Gasteiger partial charge < -0.3 is 10.6 Å². The van der Waals surface area contributed by atoms with Crippen molar-refractivity contribution in [1.29, 1.82) is 5.26 Å². The van der Waals surface area contributed by atoms with Gasteiger partial charge in [-0.2, -0.15) is 5.26 Å². The van der Waals surface area contributed by atoms with Gasteiger partial charge in [0, 0.05) is 29.2 Å². The van der Waals surface area contributed by atoms with Gasteiger partial charge in [-0.1, -0.05) is 28.1 Å². The van der Waals surface area contributed by atoms with Crippen molar-refractivity contribution < 1.29 is 4.79 Å². The highest BCUT2D eigenvalue weighted by atomic mass is 79.9. The summed E-state index contributed by atoms with van der Waals surface area (Å²) < 4.78 is 0.921. The van der Waals surface area contributed by atoms with Gasteiger partial charge in [-0.05, 0) is 30.5 Å². The van der Waals surface area contributed by atoms with Crippen LogP contribution in [0.3, 0.4) is 0 Å². The van der Waals surface area contributed by atoms with E-state index in [0.717, 1.165) is 34.1 Å². The van der Waals surface area contributed by atoms with Crippen LogP contribution in [0.2, 0.25) is 0 Å². The molecule has 112 valence electrons. The molecule has 1 heterocycles. The smallest absolute Gasteiger partial charge is 0.161 e. The number of carbonyl (C=O) groups is 1. The second-order valence-corrected chi connectivity index (χ2v) is 6.51. The summed E-state index contributed by atoms with van der Waals surface area (Å²) >= 11 is 3.46. The number of nitrogens with two attached hydrogens (primary N) is 1. The Morgan fingerprint density at radius 3 is 2.86 bits per heavy atom. The average molecular weight is 358 g/mol. The topological polar surface area (TPSA) is 70.1 Å². The van der Waals surface area contributed by atoms with Crippen molar-refractivity contribution in [3.8, 4) is 6.07 Å². The molecule has 4 nitrogen and oxygen atoms in total. The van der Waals surface area contributed by atoms with E-state index < -0.39 is 0 Å². The number of hydrogen-bond donors (Lipinski definition) is 1. The molecule has 0 saturated carbocycles. The number of nitriles is 1. The van der Waals surface area contributed by atoms with E-state index in [1.807, 2.05) is 31.3 Å². The number of Topliss-reactive ketones (excluding diaryl/α,β-unsaturated/α-hetero) is 1. The first-order chi connectivity index (χ1) is 10.5. The standard InChI is InChI=1S/C17H16BrN3O/c1-21-13-6-3-7-14(22)16(13)15(12(9-19)17(21)20)10-4-2-5-11(18)8-10/h2,4-5,8,15H,3,6-7,20H2,1H3/t15-/m0/s1. The molecular weight excluding hydrogens is 342 g/mol. The highest BCUT2D eigenvalue weighted by Crippen LogP contribution is 2.44. The SMILES string of the molecule is CN1C(N)=C(C#N)[C@H](c2cccc(Br)c2)C2=C1CCCC2=O. The molecule has 0 unspecified atom stereocenters. The fraction of sp³-hybridized carbons (Fsp3) is 0.294. The zero-order valence-corrected chi connectivity index (χ0v) is 13.9. The molecule has 22 heavy (non-hydrogen) atoms. The van der Waals surface area contributed by atoms with E-state index in [0.29, 0.717) is 17.8 Å². The van der Waals surface area contributed by atoms with Crippen molar-refractivity contribution in [2.45, 2.75) is 25.2 Å². The molecule has 1 aromatic rings. The fourth-order valence-electron chi connectivity index (χ4n) is 3.28. The van der Waals surface area contributed by atoms with Crippen LogP contribution in [-0.2, 0) is 4.79 Å². The maximum absolute atomic E-state index is 12.5. The van der Waals surface area contributed by atoms with Gasteiger partial charge in [0.05, 0.1) is 17.6 Å². The van der Waals surface area contributed by atoms with E-state index in [4.69, 9.17) is 5.73 Å². The lowest BCUT2D eigenvalue weighted by Crippen LogP contribution is -2.36. The number of ketones is 1. The molecule has 0 aromatic heterocycles. The summed E-state index contributed by atoms with van der Waals surface area (Å²) in [4.78, 5) is 14.3. The van der Waals surface area contributed by atoms with E-state index >= 15 is 0 Å². The zero-order chi connectivity index (χ0) is 15.9. The molecule has 0 fully saturated rings. The minimum Gasteiger partial charge on any atom is -0.384 e. The van der Waals surface area contributed by atoms with E-state index in [1.54, 1.807) is 4.90 Å². The quantitative estimate of drug-likeness (QED) is 0.837. The number of halogens is 1. The van der Waals surface area contributed by atoms with Crippen molar-refractivity contribution in [2.75, 3.05) is 7.05 Å². The second-order valence-electron chi connectivity index (χ2n) is 5.59. The Balaban J connectivity index is 2.25. The average Bonchev–Trinajstić information content (AvgIpc) is 2.51. The van der Waals surface area contributed by atoms with Gasteiger partial charge in [0.25, 0.3) is 0 Å². The monoisotopic (exact) mass is 357 g/mol. The molecular formula is C17H16BrN3O. The summed E-state index contributed by atoms with van der Waals surface area (Å²) in [7, 11) is 1.83. The number of benzene rings is 1. The van der Waals surface area contributed by atoms with Crippen LogP contribution in [0.1, 0.15) is 30.7 Å². The summed E-state index contributed by atoms with van der Waals surface area (Å²) in [5, 5.41) is 9.60. The summed E-state index contributed by atoms with van der Waals surface area (Å²) in [5.74, 6) is 0.209. The number of rotatable bonds is 1. The third-order valence-corrected chi connectivity index (χ3v) is 4.84. The lowest BCUT2D eigenvalue weighted by molar-refractivity contribution is -0.116. The largest absolute Gasteiger partial charge is 0.384 e. The molecule has 5 heteroatoms. The van der Waals surface area contributed by atoms with Gasteiger partial charge in [-0.3, -0.25) is 4.79 Å². The normalized spacial score (nSPS) is 21.8. The van der Waals surface area contributed by atoms with Crippen LogP contribution in [0.4, 0.5) is 0 Å². The molecule has 2 aliphatic rings. The molecule has 2 N–H and O–H groups in total. The number of allylic oxidation sites excluding steroid dienone is 3. The van der Waals surface area contributed by atoms with Crippen molar-refractivity contribution in [1.82, 2.24) is 4.90 Å². The predicted molar refractivity (Wildman–Crippen MR) is 87.4 cm³/mol. The molecule has 0 spiro atoms. The van der Waals surface area contributed by atoms with E-state index in [1.165, 1.54) is 0 Å². The van der Waals surface area contributed by atoms with Crippen molar-refractivity contribution >= 4 is 21.7 Å². The minimum absolute atomic E-state index is 0.123. The number of nitrogens with zero attached hydrogens (tertiary/aromatic N) is 2. The molecule has 1 aliphatic heterocycles. The van der Waals surface area contributed by atoms with E-state index in [9.17, 15) is 10.1 Å². The Labute approximate surface area is 138 Å². The molecule has 1 aromatic carbocycles. The van der Waals surface area contributed by atoms with Crippen molar-refractivity contribution in [2.24, 2.45) is 5.73 Å². The van der Waals surface area contributed by atoms with Crippen molar-refractivity contribution in [3.05, 3.63) is 57.0 Å². The van der Waals surface area contributed by atoms with Crippen LogP contribution in [0.25, 0.3) is 0 Å². The molecule has 0 amide bonds. The van der Waals surface area contributed by atoms with Crippen LogP contribution in [-0.4, -0.2) is 17.7 Å². The summed E-state index contributed by atoms with van der Waals surface area (Å²) in [6, 6.07) is 9.95. The number of hydrogen-bond acceptors (Lipinski definition) is 4. The molecule has 1 atom stereocenters. The Hall–Kier alpha value is -2.06. The Morgan fingerprint density at radius 1 is 1.41 bits per heavy atom. The first-order valence-electron chi connectivity index (χ1n) is 7.19. The molecule has 0 bridgehead atoms. The summed E-state index contributed by atoms with van der Waals surface area (Å²) in [5.41, 5.74) is 9.24. The highest BCUT2D eigenvalue weighted by Gasteiger charge is 2.38. The fourth-order valence-corrected chi connectivity index (χ4v) is 3.70. The van der Waals surface area contributed by atoms with Crippen LogP contribution >= 0.6 is 15.9 Å². The highest BCUT2D eigenvalue weighted by molar-refractivity contribution is 9.10. The second kappa shape index (κ2) is 5.62. The lowest BCUT2D eigenvalue weighted by Gasteiger charge is -2.37. The van der Waals surface area contributed by atoms with Crippen LogP contribution in [0, 0.1) is 11.3 Å². The van der Waals surface area contributed by atoms with Gasteiger partial charge >= 0.3 is 0 Å². The molecule has 1 aliphatic carbocycles. The Kier molecular flexibility index (Phi) is 3.79. The molecule has 3 rings (SSSR count). The minimum atomic E-state index is -0.360. The predicted octanol–water partition coefficient (Wildman–Crippen LogP) is 3.18. The first kappa shape index (κ1) is 14.9. The van der Waals surface area contributed by atoms with Gasteiger partial charge in [0.15, 0.2) is 5.78 Å². The first-order valence-corrected chi connectivity index (χ1v) is 7.99. The van der Waals surface area contributed by atoms with Gasteiger partial charge in [0.2, 0.25) is 0 Å². The third-order valence-electron chi connectivity index (χ3n) is 4.35. The van der Waals surface area contributed by atoms with Crippen molar-refractivity contribution in [3.63, 3.8) is 0 Å². The maximum atomic E-state index is 12.5. The van der Waals surface area contributed by atoms with Gasteiger partial charge in [0.1, 0.15) is 5.82 Å². The zero-order valence-electron chi connectivity index (χ0n) is 12.3. The van der Waals surface area contributed by atoms with E-state index in [-0.39, 0.29) is 11.7 Å². The van der Waals surface area contributed by atoms with Crippen LogP contribution in [0.15, 0.2) is 51.4 Å². The summed E-state index contributed by atoms with van der Waals surface area (Å²) in [6.07, 6.45) is 2.19. The maximum Gasteiger partial charge on any atom is 0.161 e. The van der Waals surface area contributed by atoms with E-state index in [2.05, 4.69) is 22.0 Å². The third kappa shape index (κ3) is 2.24. The lowest BCUT2D eigenvalue weighted by atomic mass is 9.76. The van der Waals surface area contributed by atoms with Crippen LogP contribution < -0.4 is 5.73 Å². The Bertz CT molecular complexity index is 757. The van der Waals surface area contributed by atoms with Gasteiger partial charge in [-0.15, -0.1) is 0 Å². The van der Waals surface area contributed by atoms with Crippen LogP contribution in [0.5, 0.6) is 0 Å². The molecule has 0 saturated heterocycles. The summed E-state index contributed by atoms with van der Waals surface area (Å²) in [6.45, 7) is 0. The molecule has 0 radical (unpaired) electrons. The Morgan fingerprint density at radius 2 is 2.18 bits per heavy atom. The number of carbonyl (C=O) groups excluding carboxylic acids is 1. The van der Waals surface area contributed by atoms with Gasteiger partial charge in [-0.25, -0.2) is 0 Å².